The van der Waals surface area contributed by atoms with Gasteiger partial charge in [0.05, 0.1) is 25.4 Å². The summed E-state index contributed by atoms with van der Waals surface area (Å²) in [6, 6.07) is 44.6. The Kier molecular flexibility index (Phi) is 12.2. The molecule has 5 aromatic rings. The lowest BCUT2D eigenvalue weighted by molar-refractivity contribution is -0.230. The second kappa shape index (κ2) is 17.7. The lowest BCUT2D eigenvalue weighted by atomic mass is 9.98. The molecule has 0 spiro atoms. The van der Waals surface area contributed by atoms with E-state index in [1.165, 1.54) is 11.8 Å². The van der Waals surface area contributed by atoms with E-state index in [0.717, 1.165) is 33.4 Å². The maximum atomic E-state index is 13.8. The van der Waals surface area contributed by atoms with Gasteiger partial charge in [0.2, 0.25) is 0 Å². The molecule has 5 unspecified atom stereocenters. The molecule has 0 saturated carbocycles. The predicted molar refractivity (Wildman–Crippen MR) is 203 cm³/mol. The van der Waals surface area contributed by atoms with Gasteiger partial charge in [-0.3, -0.25) is 0 Å². The van der Waals surface area contributed by atoms with Crippen molar-refractivity contribution in [1.82, 2.24) is 0 Å². The van der Waals surface area contributed by atoms with Gasteiger partial charge in [0.15, 0.2) is 12.2 Å². The highest BCUT2D eigenvalue weighted by molar-refractivity contribution is 7.99. The van der Waals surface area contributed by atoms with Crippen LogP contribution in [-0.4, -0.2) is 60.9 Å². The van der Waals surface area contributed by atoms with E-state index in [4.69, 9.17) is 28.4 Å². The van der Waals surface area contributed by atoms with E-state index in [-0.39, 0.29) is 25.7 Å². The number of ether oxygens (including phenoxy) is 6. The number of rotatable bonds is 14. The van der Waals surface area contributed by atoms with Crippen LogP contribution in [0.4, 0.5) is 4.79 Å². The van der Waals surface area contributed by atoms with Gasteiger partial charge >= 0.3 is 12.1 Å². The van der Waals surface area contributed by atoms with Gasteiger partial charge in [-0.2, -0.15) is 0 Å². The minimum Gasteiger partial charge on any atom is -0.452 e. The van der Waals surface area contributed by atoms with Crippen molar-refractivity contribution in [2.75, 3.05) is 19.0 Å². The SMILES string of the molecule is CCSC1OC(COCc2ccccc2)C(OC(=O)OCC2c3ccccc3-c3ccccc32)C(OCc2ccccc2)C1OC(=O)c1ccccc1. The topological polar surface area (TPSA) is 89.5 Å². The number of hydrogen-bond acceptors (Lipinski definition) is 9. The van der Waals surface area contributed by atoms with Gasteiger partial charge in [-0.05, 0) is 51.3 Å². The highest BCUT2D eigenvalue weighted by atomic mass is 32.2. The second-order valence-corrected chi connectivity index (χ2v) is 14.2. The fourth-order valence-corrected chi connectivity index (χ4v) is 7.85. The van der Waals surface area contributed by atoms with Crippen LogP contribution in [0, 0.1) is 0 Å². The van der Waals surface area contributed by atoms with Gasteiger partial charge < -0.3 is 28.4 Å². The Labute approximate surface area is 314 Å². The number of esters is 1. The van der Waals surface area contributed by atoms with Crippen LogP contribution in [0.2, 0.25) is 0 Å². The Morgan fingerprint density at radius 1 is 0.623 bits per heavy atom. The highest BCUT2D eigenvalue weighted by Crippen LogP contribution is 2.44. The third-order valence-corrected chi connectivity index (χ3v) is 10.5. The molecule has 2 aliphatic rings. The lowest BCUT2D eigenvalue weighted by Crippen LogP contribution is -2.61. The molecule has 0 bridgehead atoms. The molecule has 272 valence electrons. The van der Waals surface area contributed by atoms with Crippen LogP contribution < -0.4 is 0 Å². The first-order valence-electron chi connectivity index (χ1n) is 17.9. The average Bonchev–Trinajstić information content (AvgIpc) is 3.52. The number of thioether (sulfide) groups is 1. The summed E-state index contributed by atoms with van der Waals surface area (Å²) in [5, 5.41) is 0. The molecule has 1 fully saturated rings. The Bertz CT molecular complexity index is 1890. The van der Waals surface area contributed by atoms with Crippen LogP contribution in [0.25, 0.3) is 11.1 Å². The largest absolute Gasteiger partial charge is 0.508 e. The molecule has 0 aromatic heterocycles. The van der Waals surface area contributed by atoms with E-state index in [1.54, 1.807) is 24.3 Å². The summed E-state index contributed by atoms with van der Waals surface area (Å²) >= 11 is 1.48. The monoisotopic (exact) mass is 730 g/mol. The van der Waals surface area contributed by atoms with Crippen molar-refractivity contribution in [3.8, 4) is 11.1 Å². The van der Waals surface area contributed by atoms with Crippen molar-refractivity contribution in [1.29, 1.82) is 0 Å². The number of carbonyl (C=O) groups excluding carboxylic acids is 2. The molecule has 0 N–H and O–H groups in total. The number of fused-ring (bicyclic) bond motifs is 3. The fraction of sp³-hybridized carbons (Fsp3) is 0.273. The van der Waals surface area contributed by atoms with Crippen molar-refractivity contribution in [2.45, 2.75) is 55.9 Å². The molecule has 1 aliphatic carbocycles. The fourth-order valence-electron chi connectivity index (χ4n) is 6.90. The average molecular weight is 731 g/mol. The van der Waals surface area contributed by atoms with Crippen molar-refractivity contribution >= 4 is 23.9 Å². The van der Waals surface area contributed by atoms with Crippen molar-refractivity contribution in [2.24, 2.45) is 0 Å². The van der Waals surface area contributed by atoms with E-state index in [9.17, 15) is 9.59 Å². The van der Waals surface area contributed by atoms with E-state index in [1.807, 2.05) is 97.9 Å². The molecule has 53 heavy (non-hydrogen) atoms. The number of carbonyl (C=O) groups is 2. The molecule has 9 heteroatoms. The summed E-state index contributed by atoms with van der Waals surface area (Å²) in [5.74, 6) is -0.0178. The summed E-state index contributed by atoms with van der Waals surface area (Å²) in [6.45, 7) is 2.67. The standard InChI is InChI=1S/C44H42O8S/c1-2-53-43-41(51-42(45)32-20-10-5-11-21-32)40(48-27-31-18-8-4-9-19-31)39(38(50-43)29-47-26-30-16-6-3-7-17-30)52-44(46)49-28-37-35-24-14-12-22-33(35)34-23-13-15-25-36(34)37/h3-25,37-41,43H,2,26-29H2,1H3. The molecule has 5 atom stereocenters. The molecule has 1 heterocycles. The van der Waals surface area contributed by atoms with Gasteiger partial charge in [-0.1, -0.05) is 134 Å². The number of hydrogen-bond donors (Lipinski definition) is 0. The maximum Gasteiger partial charge on any atom is 0.508 e. The Morgan fingerprint density at radius 3 is 1.81 bits per heavy atom. The van der Waals surface area contributed by atoms with Gasteiger partial charge in [0, 0.05) is 5.92 Å². The molecule has 0 amide bonds. The third kappa shape index (κ3) is 8.83. The maximum absolute atomic E-state index is 13.8. The predicted octanol–water partition coefficient (Wildman–Crippen LogP) is 8.83. The van der Waals surface area contributed by atoms with E-state index < -0.39 is 42.0 Å². The van der Waals surface area contributed by atoms with Gasteiger partial charge in [-0.15, -0.1) is 11.8 Å². The first-order chi connectivity index (χ1) is 26.1. The normalized spacial score (nSPS) is 20.6. The Hall–Kier alpha value is -4.93. The van der Waals surface area contributed by atoms with Crippen molar-refractivity contribution < 1.29 is 38.0 Å². The summed E-state index contributed by atoms with van der Waals surface area (Å²) in [4.78, 5) is 27.4. The molecule has 1 saturated heterocycles. The molecule has 0 radical (unpaired) electrons. The van der Waals surface area contributed by atoms with Crippen molar-refractivity contribution in [3.05, 3.63) is 167 Å². The van der Waals surface area contributed by atoms with Crippen LogP contribution in [0.15, 0.2) is 140 Å². The van der Waals surface area contributed by atoms with Crippen molar-refractivity contribution in [3.63, 3.8) is 0 Å². The zero-order chi connectivity index (χ0) is 36.4. The molecule has 1 aliphatic heterocycles. The van der Waals surface area contributed by atoms with E-state index in [2.05, 4.69) is 24.3 Å². The highest BCUT2D eigenvalue weighted by Gasteiger charge is 2.51. The Balaban J connectivity index is 1.16. The summed E-state index contributed by atoms with van der Waals surface area (Å²) in [7, 11) is 0. The smallest absolute Gasteiger partial charge is 0.452 e. The first-order valence-corrected chi connectivity index (χ1v) is 19.0. The first kappa shape index (κ1) is 36.4. The minimum absolute atomic E-state index is 0.0753. The minimum atomic E-state index is -1.05. The van der Waals surface area contributed by atoms with Crippen LogP contribution in [-0.2, 0) is 41.6 Å². The van der Waals surface area contributed by atoms with Crippen LogP contribution in [0.3, 0.4) is 0 Å². The zero-order valence-electron chi connectivity index (χ0n) is 29.5. The lowest BCUT2D eigenvalue weighted by Gasteiger charge is -2.44. The third-order valence-electron chi connectivity index (χ3n) is 9.42. The molecular weight excluding hydrogens is 689 g/mol. The Morgan fingerprint density at radius 2 is 1.19 bits per heavy atom. The van der Waals surface area contributed by atoms with Crippen LogP contribution in [0.5, 0.6) is 0 Å². The number of benzene rings is 5. The second-order valence-electron chi connectivity index (χ2n) is 12.9. The summed E-state index contributed by atoms with van der Waals surface area (Å²) in [6.07, 6.45) is -4.56. The van der Waals surface area contributed by atoms with Gasteiger partial charge in [0.25, 0.3) is 0 Å². The van der Waals surface area contributed by atoms with Gasteiger partial charge in [-0.25, -0.2) is 9.59 Å². The molecule has 5 aromatic carbocycles. The van der Waals surface area contributed by atoms with E-state index in [0.29, 0.717) is 17.9 Å². The summed E-state index contributed by atoms with van der Waals surface area (Å²) in [5.41, 5.74) is 6.07. The quantitative estimate of drug-likeness (QED) is 0.104. The van der Waals surface area contributed by atoms with Gasteiger partial charge in [0.1, 0.15) is 24.3 Å². The van der Waals surface area contributed by atoms with E-state index >= 15 is 0 Å². The van der Waals surface area contributed by atoms with Crippen LogP contribution >= 0.6 is 11.8 Å². The molecule has 8 nitrogen and oxygen atoms in total. The molecular formula is C44H42O8S. The summed E-state index contributed by atoms with van der Waals surface area (Å²) < 4.78 is 37.7. The molecule has 7 rings (SSSR count). The van der Waals surface area contributed by atoms with Crippen LogP contribution in [0.1, 0.15) is 45.5 Å². The zero-order valence-corrected chi connectivity index (χ0v) is 30.3.